The lowest BCUT2D eigenvalue weighted by Crippen LogP contribution is -2.01. The normalized spacial score (nSPS) is 15.9. The summed E-state index contributed by atoms with van der Waals surface area (Å²) in [6.45, 7) is 1.87. The van der Waals surface area contributed by atoms with Crippen LogP contribution in [0.25, 0.3) is 0 Å². The summed E-state index contributed by atoms with van der Waals surface area (Å²) in [6.07, 6.45) is -0.836. The molecule has 0 spiro atoms. The number of hydrogen-bond donors (Lipinski definition) is 0. The molecule has 0 aliphatic carbocycles. The van der Waals surface area contributed by atoms with E-state index in [9.17, 15) is 4.39 Å². The van der Waals surface area contributed by atoms with E-state index in [1.165, 1.54) is 0 Å². The van der Waals surface area contributed by atoms with E-state index in [1.54, 1.807) is 0 Å². The van der Waals surface area contributed by atoms with Gasteiger partial charge >= 0.3 is 0 Å². The fraction of sp³-hybridized carbons (Fsp3) is 0.333. The van der Waals surface area contributed by atoms with Crippen LogP contribution in [0.15, 0.2) is 30.3 Å². The molecule has 2 heteroatoms. The second kappa shape index (κ2) is 4.04. The van der Waals surface area contributed by atoms with Crippen molar-refractivity contribution in [2.45, 2.75) is 17.0 Å². The van der Waals surface area contributed by atoms with Crippen molar-refractivity contribution in [3.05, 3.63) is 35.9 Å². The van der Waals surface area contributed by atoms with Crippen molar-refractivity contribution in [2.75, 3.05) is 0 Å². The topological polar surface area (TPSA) is 0 Å². The van der Waals surface area contributed by atoms with Gasteiger partial charge in [-0.15, -0.1) is 0 Å². The first-order chi connectivity index (χ1) is 5.22. The monoisotopic (exact) mass is 264 g/mol. The molecule has 0 fully saturated rings. The van der Waals surface area contributed by atoms with E-state index in [1.807, 2.05) is 37.3 Å². The largest absolute Gasteiger partial charge is 0.241 e. The van der Waals surface area contributed by atoms with Gasteiger partial charge in [0.1, 0.15) is 6.17 Å². The molecule has 0 N–H and O–H groups in total. The molecule has 1 aromatic rings. The maximum atomic E-state index is 13.3. The minimum atomic E-state index is -0.836. The molecule has 2 atom stereocenters. The van der Waals surface area contributed by atoms with Gasteiger partial charge in [0, 0.05) is 3.92 Å². The molecule has 1 rings (SSSR count). The van der Waals surface area contributed by atoms with Crippen LogP contribution in [0.1, 0.15) is 18.7 Å². The standard InChI is InChI=1S/C9H10FI/c1-7(11)9(10)8-5-3-2-4-6-8/h2-7,9H,1H3/t7-,9+/m1/s1. The van der Waals surface area contributed by atoms with Crippen molar-refractivity contribution in [3.8, 4) is 0 Å². The van der Waals surface area contributed by atoms with Crippen LogP contribution in [0, 0.1) is 0 Å². The van der Waals surface area contributed by atoms with Gasteiger partial charge in [-0.05, 0) is 5.56 Å². The molecule has 11 heavy (non-hydrogen) atoms. The Morgan fingerprint density at radius 3 is 2.27 bits per heavy atom. The van der Waals surface area contributed by atoms with Gasteiger partial charge < -0.3 is 0 Å². The maximum absolute atomic E-state index is 13.3. The van der Waals surface area contributed by atoms with Gasteiger partial charge in [0.05, 0.1) is 0 Å². The first-order valence-electron chi connectivity index (χ1n) is 3.55. The summed E-state index contributed by atoms with van der Waals surface area (Å²) >= 11 is 2.10. The zero-order valence-corrected chi connectivity index (χ0v) is 8.45. The third-order valence-electron chi connectivity index (χ3n) is 1.52. The van der Waals surface area contributed by atoms with Crippen molar-refractivity contribution in [1.29, 1.82) is 0 Å². The first kappa shape index (κ1) is 8.97. The summed E-state index contributed by atoms with van der Waals surface area (Å²) in [5.74, 6) is 0. The Morgan fingerprint density at radius 1 is 1.27 bits per heavy atom. The van der Waals surface area contributed by atoms with E-state index in [0.29, 0.717) is 0 Å². The average molecular weight is 264 g/mol. The van der Waals surface area contributed by atoms with Crippen LogP contribution in [0.4, 0.5) is 4.39 Å². The highest BCUT2D eigenvalue weighted by atomic mass is 127. The average Bonchev–Trinajstić information content (AvgIpc) is 2.05. The molecular weight excluding hydrogens is 254 g/mol. The summed E-state index contributed by atoms with van der Waals surface area (Å²) in [5, 5.41) is 0. The summed E-state index contributed by atoms with van der Waals surface area (Å²) in [6, 6.07) is 9.26. The molecule has 0 radical (unpaired) electrons. The zero-order valence-electron chi connectivity index (χ0n) is 6.30. The second-order valence-corrected chi connectivity index (χ2v) is 4.45. The molecule has 0 saturated carbocycles. The van der Waals surface area contributed by atoms with Crippen LogP contribution in [-0.2, 0) is 0 Å². The fourth-order valence-corrected chi connectivity index (χ4v) is 1.32. The lowest BCUT2D eigenvalue weighted by molar-refractivity contribution is 0.349. The van der Waals surface area contributed by atoms with E-state index in [4.69, 9.17) is 0 Å². The van der Waals surface area contributed by atoms with Crippen molar-refractivity contribution in [2.24, 2.45) is 0 Å². The smallest absolute Gasteiger partial charge is 0.137 e. The van der Waals surface area contributed by atoms with Gasteiger partial charge in [-0.25, -0.2) is 4.39 Å². The lowest BCUT2D eigenvalue weighted by atomic mass is 10.1. The number of halogens is 2. The molecule has 60 valence electrons. The van der Waals surface area contributed by atoms with Gasteiger partial charge in [-0.1, -0.05) is 59.8 Å². The third-order valence-corrected chi connectivity index (χ3v) is 2.15. The van der Waals surface area contributed by atoms with Crippen molar-refractivity contribution < 1.29 is 4.39 Å². The highest BCUT2D eigenvalue weighted by Gasteiger charge is 2.13. The van der Waals surface area contributed by atoms with Crippen LogP contribution >= 0.6 is 22.6 Å². The van der Waals surface area contributed by atoms with Crippen molar-refractivity contribution in [3.63, 3.8) is 0 Å². The molecule has 0 aromatic heterocycles. The number of benzene rings is 1. The maximum Gasteiger partial charge on any atom is 0.137 e. The van der Waals surface area contributed by atoms with E-state index < -0.39 is 6.17 Å². The predicted molar refractivity (Wildman–Crippen MR) is 53.8 cm³/mol. The minimum Gasteiger partial charge on any atom is -0.241 e. The Balaban J connectivity index is 2.77. The number of hydrogen-bond acceptors (Lipinski definition) is 0. The Bertz CT molecular complexity index is 208. The van der Waals surface area contributed by atoms with Gasteiger partial charge in [-0.2, -0.15) is 0 Å². The van der Waals surface area contributed by atoms with Crippen LogP contribution in [0.5, 0.6) is 0 Å². The quantitative estimate of drug-likeness (QED) is 0.566. The number of rotatable bonds is 2. The lowest BCUT2D eigenvalue weighted by Gasteiger charge is -2.09. The third kappa shape index (κ3) is 2.43. The molecule has 0 unspecified atom stereocenters. The molecule has 0 bridgehead atoms. The summed E-state index contributed by atoms with van der Waals surface area (Å²) in [4.78, 5) is 0. The Kier molecular flexibility index (Phi) is 3.30. The molecule has 0 heterocycles. The SMILES string of the molecule is C[C@@H](I)[C@H](F)c1ccccc1. The zero-order chi connectivity index (χ0) is 8.27. The highest BCUT2D eigenvalue weighted by molar-refractivity contribution is 14.1. The molecule has 0 saturated heterocycles. The first-order valence-corrected chi connectivity index (χ1v) is 4.79. The number of alkyl halides is 2. The Morgan fingerprint density at radius 2 is 1.82 bits per heavy atom. The minimum absolute atomic E-state index is 0.0370. The van der Waals surface area contributed by atoms with Gasteiger partial charge in [0.15, 0.2) is 0 Å². The van der Waals surface area contributed by atoms with Crippen LogP contribution in [-0.4, -0.2) is 3.92 Å². The highest BCUT2D eigenvalue weighted by Crippen LogP contribution is 2.25. The van der Waals surface area contributed by atoms with E-state index in [0.717, 1.165) is 5.56 Å². The van der Waals surface area contributed by atoms with E-state index in [-0.39, 0.29) is 3.92 Å². The van der Waals surface area contributed by atoms with Crippen LogP contribution < -0.4 is 0 Å². The van der Waals surface area contributed by atoms with Crippen LogP contribution in [0.3, 0.4) is 0 Å². The van der Waals surface area contributed by atoms with Crippen molar-refractivity contribution >= 4 is 22.6 Å². The predicted octanol–water partition coefficient (Wildman–Crippen LogP) is 3.52. The van der Waals surface area contributed by atoms with Gasteiger partial charge in [0.25, 0.3) is 0 Å². The molecule has 1 aromatic carbocycles. The second-order valence-electron chi connectivity index (χ2n) is 2.49. The van der Waals surface area contributed by atoms with Gasteiger partial charge in [0.2, 0.25) is 0 Å². The molecule has 0 aliphatic heterocycles. The molecule has 0 aliphatic rings. The van der Waals surface area contributed by atoms with Crippen molar-refractivity contribution in [1.82, 2.24) is 0 Å². The van der Waals surface area contributed by atoms with E-state index >= 15 is 0 Å². The Hall–Kier alpha value is -0.120. The fourth-order valence-electron chi connectivity index (χ4n) is 0.902. The summed E-state index contributed by atoms with van der Waals surface area (Å²) in [5.41, 5.74) is 0.773. The molecule has 0 nitrogen and oxygen atoms in total. The van der Waals surface area contributed by atoms with E-state index in [2.05, 4.69) is 22.6 Å². The summed E-state index contributed by atoms with van der Waals surface area (Å²) < 4.78 is 13.3. The Labute approximate surface area is 80.0 Å². The molecular formula is C9H10FI. The van der Waals surface area contributed by atoms with Gasteiger partial charge in [-0.3, -0.25) is 0 Å². The van der Waals surface area contributed by atoms with Crippen LogP contribution in [0.2, 0.25) is 0 Å². The summed E-state index contributed by atoms with van der Waals surface area (Å²) in [7, 11) is 0. The molecule has 0 amide bonds.